The van der Waals surface area contributed by atoms with E-state index in [-0.39, 0.29) is 84.3 Å². The fourth-order valence-electron chi connectivity index (χ4n) is 6.65. The third-order valence-corrected chi connectivity index (χ3v) is 10.6. The number of rotatable bonds is 24. The van der Waals surface area contributed by atoms with Crippen molar-refractivity contribution in [1.29, 1.82) is 0 Å². The molecule has 0 saturated heterocycles. The zero-order chi connectivity index (χ0) is 44.8. The van der Waals surface area contributed by atoms with Crippen LogP contribution < -0.4 is 14.2 Å². The lowest BCUT2D eigenvalue weighted by Gasteiger charge is -2.36. The molecule has 0 amide bonds. The Bertz CT molecular complexity index is 1860. The van der Waals surface area contributed by atoms with E-state index in [4.69, 9.17) is 37.9 Å². The molecule has 332 valence electrons. The summed E-state index contributed by atoms with van der Waals surface area (Å²) in [4.78, 5) is 41.4. The van der Waals surface area contributed by atoms with Gasteiger partial charge in [-0.3, -0.25) is 0 Å². The molecule has 15 heteroatoms. The van der Waals surface area contributed by atoms with E-state index in [9.17, 15) is 34.8 Å². The molecule has 0 aliphatic rings. The van der Waals surface area contributed by atoms with Crippen LogP contribution >= 0.6 is 0 Å². The van der Waals surface area contributed by atoms with Crippen molar-refractivity contribution >= 4 is 17.9 Å². The van der Waals surface area contributed by atoms with Gasteiger partial charge in [-0.1, -0.05) is 39.0 Å². The van der Waals surface area contributed by atoms with Crippen LogP contribution in [-0.4, -0.2) is 110 Å². The van der Waals surface area contributed by atoms with Crippen molar-refractivity contribution < 1.29 is 72.7 Å². The Kier molecular flexibility index (Phi) is 18.3. The van der Waals surface area contributed by atoms with Crippen molar-refractivity contribution in [2.45, 2.75) is 104 Å². The first-order valence-corrected chi connectivity index (χ1v) is 19.8. The fourth-order valence-corrected chi connectivity index (χ4v) is 6.65. The summed E-state index contributed by atoms with van der Waals surface area (Å²) in [7, 11) is 4.20. The van der Waals surface area contributed by atoms with Gasteiger partial charge in [0.05, 0.1) is 74.2 Å². The lowest BCUT2D eigenvalue weighted by molar-refractivity contribution is -0.149. The minimum absolute atomic E-state index is 0.00131. The lowest BCUT2D eigenvalue weighted by atomic mass is 9.99. The smallest absolute Gasteiger partial charge is 0.343 e. The second-order valence-electron chi connectivity index (χ2n) is 15.2. The van der Waals surface area contributed by atoms with Crippen molar-refractivity contribution in [3.8, 4) is 17.2 Å². The molecule has 0 spiro atoms. The number of methoxy groups -OCH3 is 3. The maximum atomic E-state index is 14.1. The summed E-state index contributed by atoms with van der Waals surface area (Å²) in [6.45, 7) is 9.20. The molecule has 15 nitrogen and oxygen atoms in total. The number of ether oxygens (including phenoxy) is 8. The first-order valence-electron chi connectivity index (χ1n) is 19.8. The summed E-state index contributed by atoms with van der Waals surface area (Å²) in [5.74, 6) is -1.80. The highest BCUT2D eigenvalue weighted by atomic mass is 16.6. The van der Waals surface area contributed by atoms with Crippen LogP contribution in [0.3, 0.4) is 0 Å². The van der Waals surface area contributed by atoms with Gasteiger partial charge in [-0.15, -0.1) is 0 Å². The normalized spacial score (nSPS) is 14.3. The third kappa shape index (κ3) is 12.0. The van der Waals surface area contributed by atoms with Crippen LogP contribution in [0.1, 0.15) is 111 Å². The number of aryl methyl sites for hydroxylation is 3. The molecule has 0 aromatic heterocycles. The van der Waals surface area contributed by atoms with Crippen LogP contribution in [-0.2, 0) is 43.5 Å². The van der Waals surface area contributed by atoms with Crippen LogP contribution in [0, 0.1) is 20.8 Å². The largest absolute Gasteiger partial charge is 0.496 e. The van der Waals surface area contributed by atoms with Gasteiger partial charge in [0, 0.05) is 0 Å². The van der Waals surface area contributed by atoms with E-state index in [0.717, 1.165) is 16.7 Å². The second-order valence-corrected chi connectivity index (χ2v) is 15.2. The van der Waals surface area contributed by atoms with Crippen LogP contribution in [0.4, 0.5) is 0 Å². The molecule has 0 saturated carbocycles. The average Bonchev–Trinajstić information content (AvgIpc) is 3.24. The van der Waals surface area contributed by atoms with Gasteiger partial charge in [0.2, 0.25) is 0 Å². The number of aliphatic hydroxyl groups is 4. The van der Waals surface area contributed by atoms with E-state index in [1.54, 1.807) is 71.0 Å². The SMILES string of the molecule is CCC(C)(COCC(CC)(COCC(CC)(CO)OC(=O)c1c(CO)cc(C)cc1OC)OC(=O)c1c(CO)cc(C)cc1OC)OC(=O)c1c(CO)cc(C)cc1OC. The van der Waals surface area contributed by atoms with Gasteiger partial charge in [0.1, 0.15) is 39.5 Å². The molecule has 0 aliphatic carbocycles. The van der Waals surface area contributed by atoms with Gasteiger partial charge in [-0.2, -0.15) is 0 Å². The quantitative estimate of drug-likeness (QED) is 0.0651. The molecule has 3 aromatic rings. The van der Waals surface area contributed by atoms with Crippen LogP contribution in [0.5, 0.6) is 17.2 Å². The second kappa shape index (κ2) is 22.2. The maximum Gasteiger partial charge on any atom is 0.343 e. The zero-order valence-electron chi connectivity index (χ0n) is 36.5. The molecule has 60 heavy (non-hydrogen) atoms. The zero-order valence-corrected chi connectivity index (χ0v) is 36.5. The summed E-state index contributed by atoms with van der Waals surface area (Å²) in [5, 5.41) is 40.9. The van der Waals surface area contributed by atoms with E-state index in [2.05, 4.69) is 0 Å². The number of esters is 3. The van der Waals surface area contributed by atoms with Gasteiger partial charge >= 0.3 is 17.9 Å². The molecule has 0 radical (unpaired) electrons. The summed E-state index contributed by atoms with van der Waals surface area (Å²) < 4.78 is 46.9. The van der Waals surface area contributed by atoms with Gasteiger partial charge in [-0.25, -0.2) is 14.4 Å². The Morgan fingerprint density at radius 2 is 0.833 bits per heavy atom. The number of carbonyl (C=O) groups excluding carboxylic acids is 3. The minimum Gasteiger partial charge on any atom is -0.496 e. The molecule has 3 atom stereocenters. The van der Waals surface area contributed by atoms with E-state index in [0.29, 0.717) is 12.0 Å². The molecule has 3 unspecified atom stereocenters. The monoisotopic (exact) mass is 842 g/mol. The number of benzene rings is 3. The summed E-state index contributed by atoms with van der Waals surface area (Å²) >= 11 is 0. The van der Waals surface area contributed by atoms with Gasteiger partial charge < -0.3 is 58.3 Å². The molecule has 0 fully saturated rings. The number of carbonyl (C=O) groups is 3. The van der Waals surface area contributed by atoms with E-state index in [1.807, 2.05) is 13.8 Å². The molecular weight excluding hydrogens is 780 g/mol. The Labute approximate surface area is 352 Å². The van der Waals surface area contributed by atoms with E-state index >= 15 is 0 Å². The number of hydrogen-bond acceptors (Lipinski definition) is 15. The summed E-state index contributed by atoms with van der Waals surface area (Å²) in [6.07, 6.45) is 0.544. The number of aliphatic hydroxyl groups excluding tert-OH is 4. The van der Waals surface area contributed by atoms with Gasteiger partial charge in [0.25, 0.3) is 0 Å². The Morgan fingerprint density at radius 3 is 1.15 bits per heavy atom. The fraction of sp³-hybridized carbons (Fsp3) is 0.533. The maximum absolute atomic E-state index is 14.1. The van der Waals surface area contributed by atoms with Crippen molar-refractivity contribution in [3.63, 3.8) is 0 Å². The lowest BCUT2D eigenvalue weighted by Crippen LogP contribution is -2.49. The predicted octanol–water partition coefficient (Wildman–Crippen LogP) is 5.48. The van der Waals surface area contributed by atoms with Crippen LogP contribution in [0.25, 0.3) is 0 Å². The molecule has 4 N–H and O–H groups in total. The molecule has 0 heterocycles. The minimum atomic E-state index is -1.58. The molecule has 3 aromatic carbocycles. The molecule has 0 aliphatic heterocycles. The first kappa shape index (κ1) is 49.6. The van der Waals surface area contributed by atoms with E-state index in [1.165, 1.54) is 21.3 Å². The van der Waals surface area contributed by atoms with Crippen LogP contribution in [0.2, 0.25) is 0 Å². The third-order valence-electron chi connectivity index (χ3n) is 10.6. The van der Waals surface area contributed by atoms with E-state index < -0.39 is 61.1 Å². The number of hydrogen-bond donors (Lipinski definition) is 4. The predicted molar refractivity (Wildman–Crippen MR) is 221 cm³/mol. The highest BCUT2D eigenvalue weighted by Crippen LogP contribution is 2.33. The molecule has 0 bridgehead atoms. The topological polar surface area (TPSA) is 206 Å². The highest BCUT2D eigenvalue weighted by molar-refractivity contribution is 5.96. The van der Waals surface area contributed by atoms with Crippen molar-refractivity contribution in [1.82, 2.24) is 0 Å². The Balaban J connectivity index is 1.96. The molecular formula is C45H62O15. The highest BCUT2D eigenvalue weighted by Gasteiger charge is 2.41. The average molecular weight is 843 g/mol. The standard InChI is InChI=1S/C45H62O15/c1-11-43(7,58-40(50)37-31(20-46)14-28(4)17-34(37)53-8)24-56-26-45(13-3,60-42(52)39-33(22-48)16-30(6)19-36(39)55-10)27-57-25-44(12-2,23-49)59-41(51)38-32(21-47)15-29(5)18-35(38)54-9/h14-19,46-49H,11-13,20-27H2,1-10H3. The van der Waals surface area contributed by atoms with Gasteiger partial charge in [-0.05, 0) is 98.5 Å². The molecule has 3 rings (SSSR count). The summed E-state index contributed by atoms with van der Waals surface area (Å²) in [6, 6.07) is 9.88. The van der Waals surface area contributed by atoms with Crippen LogP contribution in [0.15, 0.2) is 36.4 Å². The van der Waals surface area contributed by atoms with Crippen molar-refractivity contribution in [3.05, 3.63) is 86.5 Å². The van der Waals surface area contributed by atoms with Crippen molar-refractivity contribution in [2.75, 3.05) is 54.4 Å². The summed E-state index contributed by atoms with van der Waals surface area (Å²) in [5.41, 5.74) is -1.07. The first-order chi connectivity index (χ1) is 28.5. The Morgan fingerprint density at radius 1 is 0.500 bits per heavy atom. The van der Waals surface area contributed by atoms with Gasteiger partial charge in [0.15, 0.2) is 11.2 Å². The van der Waals surface area contributed by atoms with Crippen molar-refractivity contribution in [2.24, 2.45) is 0 Å². The Hall–Kier alpha value is -4.77.